The molecule has 0 aliphatic heterocycles. The molecule has 0 saturated carbocycles. The van der Waals surface area contributed by atoms with Gasteiger partial charge in [0.15, 0.2) is 0 Å². The number of hydrogen-bond acceptors (Lipinski definition) is 3. The minimum absolute atomic E-state index is 0.649. The van der Waals surface area contributed by atoms with Crippen molar-refractivity contribution in [2.45, 2.75) is 6.10 Å². The van der Waals surface area contributed by atoms with Crippen molar-refractivity contribution < 1.29 is 9.84 Å². The summed E-state index contributed by atoms with van der Waals surface area (Å²) in [7, 11) is 1.58. The lowest BCUT2D eigenvalue weighted by Gasteiger charge is -2.13. The minimum atomic E-state index is -0.712. The van der Waals surface area contributed by atoms with Gasteiger partial charge in [0.05, 0.1) is 11.4 Å². The summed E-state index contributed by atoms with van der Waals surface area (Å²) in [5.74, 6) is 0.649. The Balaban J connectivity index is 2.39. The summed E-state index contributed by atoms with van der Waals surface area (Å²) in [6.07, 6.45) is -0.712. The van der Waals surface area contributed by atoms with Gasteiger partial charge in [0.2, 0.25) is 0 Å². The Hall–Kier alpha value is -0.550. The molecule has 1 N–H and O–H groups in total. The van der Waals surface area contributed by atoms with Crippen molar-refractivity contribution in [1.29, 1.82) is 0 Å². The first-order chi connectivity index (χ1) is 8.11. The van der Waals surface area contributed by atoms with Crippen LogP contribution in [0.15, 0.2) is 34.8 Å². The summed E-state index contributed by atoms with van der Waals surface area (Å²) < 4.78 is 6.83. The molecule has 2 aromatic rings. The second-order valence-electron chi connectivity index (χ2n) is 3.43. The molecule has 2 nitrogen and oxygen atoms in total. The van der Waals surface area contributed by atoms with Crippen molar-refractivity contribution in [3.63, 3.8) is 0 Å². The van der Waals surface area contributed by atoms with E-state index < -0.39 is 6.10 Å². The van der Waals surface area contributed by atoms with Crippen LogP contribution in [0.1, 0.15) is 16.5 Å². The molecular weight excluding hydrogens is 324 g/mol. The zero-order valence-electron chi connectivity index (χ0n) is 8.98. The maximum Gasteiger partial charge on any atom is 0.126 e. The van der Waals surface area contributed by atoms with E-state index in [1.165, 1.54) is 11.3 Å². The largest absolute Gasteiger partial charge is 0.496 e. The molecule has 0 spiro atoms. The fraction of sp³-hybridized carbons (Fsp3) is 0.167. The molecule has 5 heteroatoms. The topological polar surface area (TPSA) is 29.5 Å². The van der Waals surface area contributed by atoms with Gasteiger partial charge in [-0.2, -0.15) is 0 Å². The molecule has 1 aromatic carbocycles. The molecular formula is C12H10BrClO2S. The van der Waals surface area contributed by atoms with Crippen LogP contribution in [0.25, 0.3) is 0 Å². The summed E-state index contributed by atoms with van der Waals surface area (Å²) in [6.45, 7) is 0. The molecule has 0 saturated heterocycles. The van der Waals surface area contributed by atoms with Gasteiger partial charge in [-0.15, -0.1) is 11.3 Å². The second kappa shape index (κ2) is 5.40. The first-order valence-corrected chi connectivity index (χ1v) is 6.87. The smallest absolute Gasteiger partial charge is 0.126 e. The number of benzene rings is 1. The molecule has 2 rings (SSSR count). The van der Waals surface area contributed by atoms with E-state index >= 15 is 0 Å². The maximum absolute atomic E-state index is 10.3. The Bertz CT molecular complexity index is 527. The van der Waals surface area contributed by atoms with E-state index in [1.54, 1.807) is 13.2 Å². The average Bonchev–Trinajstić information content (AvgIpc) is 2.75. The Kier molecular flexibility index (Phi) is 4.09. The third kappa shape index (κ3) is 2.83. The number of aliphatic hydroxyl groups excluding tert-OH is 1. The Morgan fingerprint density at radius 3 is 2.71 bits per heavy atom. The Labute approximate surface area is 117 Å². The van der Waals surface area contributed by atoms with E-state index in [9.17, 15) is 5.11 Å². The molecule has 0 aliphatic rings. The summed E-state index contributed by atoms with van der Waals surface area (Å²) in [5, 5.41) is 10.3. The Morgan fingerprint density at radius 2 is 2.12 bits per heavy atom. The van der Waals surface area contributed by atoms with Crippen LogP contribution < -0.4 is 4.74 Å². The number of rotatable bonds is 3. The quantitative estimate of drug-likeness (QED) is 0.909. The van der Waals surface area contributed by atoms with Crippen molar-refractivity contribution in [3.8, 4) is 5.75 Å². The fourth-order valence-electron chi connectivity index (χ4n) is 1.54. The van der Waals surface area contributed by atoms with Gasteiger partial charge in [0, 0.05) is 14.9 Å². The van der Waals surface area contributed by atoms with E-state index in [0.717, 1.165) is 14.9 Å². The highest BCUT2D eigenvalue weighted by molar-refractivity contribution is 9.10. The van der Waals surface area contributed by atoms with Crippen LogP contribution in [-0.2, 0) is 0 Å². The van der Waals surface area contributed by atoms with Crippen LogP contribution in [0.3, 0.4) is 0 Å². The molecule has 1 atom stereocenters. The fourth-order valence-corrected chi connectivity index (χ4v) is 2.95. The van der Waals surface area contributed by atoms with E-state index in [1.807, 2.05) is 24.3 Å². The highest BCUT2D eigenvalue weighted by Gasteiger charge is 2.17. The predicted molar refractivity (Wildman–Crippen MR) is 74.1 cm³/mol. The number of thiophene rings is 1. The van der Waals surface area contributed by atoms with Gasteiger partial charge < -0.3 is 9.84 Å². The van der Waals surface area contributed by atoms with Gasteiger partial charge in [0.25, 0.3) is 0 Å². The lowest BCUT2D eigenvalue weighted by molar-refractivity contribution is 0.218. The van der Waals surface area contributed by atoms with E-state index in [0.29, 0.717) is 10.1 Å². The molecule has 1 unspecified atom stereocenters. The zero-order valence-corrected chi connectivity index (χ0v) is 12.1. The van der Waals surface area contributed by atoms with Gasteiger partial charge in [-0.3, -0.25) is 0 Å². The molecule has 0 fully saturated rings. The van der Waals surface area contributed by atoms with Gasteiger partial charge in [-0.1, -0.05) is 33.6 Å². The zero-order chi connectivity index (χ0) is 12.4. The molecule has 1 heterocycles. The molecule has 0 aliphatic carbocycles. The van der Waals surface area contributed by atoms with Gasteiger partial charge in [-0.25, -0.2) is 0 Å². The van der Waals surface area contributed by atoms with E-state index in [4.69, 9.17) is 16.3 Å². The van der Waals surface area contributed by atoms with Crippen molar-refractivity contribution in [2.75, 3.05) is 7.11 Å². The maximum atomic E-state index is 10.3. The SMILES string of the molecule is COc1cc(Br)ccc1C(O)c1ccc(Cl)s1. The van der Waals surface area contributed by atoms with Gasteiger partial charge in [-0.05, 0) is 24.3 Å². The summed E-state index contributed by atoms with van der Waals surface area (Å²) in [4.78, 5) is 0.802. The average molecular weight is 334 g/mol. The van der Waals surface area contributed by atoms with Crippen molar-refractivity contribution >= 4 is 38.9 Å². The molecule has 0 amide bonds. The van der Waals surface area contributed by atoms with Crippen LogP contribution in [0.4, 0.5) is 0 Å². The highest BCUT2D eigenvalue weighted by atomic mass is 79.9. The van der Waals surface area contributed by atoms with Gasteiger partial charge in [0.1, 0.15) is 11.9 Å². The molecule has 17 heavy (non-hydrogen) atoms. The lowest BCUT2D eigenvalue weighted by Crippen LogP contribution is -2.00. The van der Waals surface area contributed by atoms with Crippen molar-refractivity contribution in [2.24, 2.45) is 0 Å². The van der Waals surface area contributed by atoms with Crippen LogP contribution in [0.5, 0.6) is 5.75 Å². The third-order valence-electron chi connectivity index (χ3n) is 2.35. The first-order valence-electron chi connectivity index (χ1n) is 4.88. The minimum Gasteiger partial charge on any atom is -0.496 e. The summed E-state index contributed by atoms with van der Waals surface area (Å²) in [5.41, 5.74) is 0.731. The number of aliphatic hydroxyl groups is 1. The Morgan fingerprint density at radius 1 is 1.35 bits per heavy atom. The summed E-state index contributed by atoms with van der Waals surface area (Å²) in [6, 6.07) is 9.13. The highest BCUT2D eigenvalue weighted by Crippen LogP contribution is 2.36. The molecule has 90 valence electrons. The monoisotopic (exact) mass is 332 g/mol. The third-order valence-corrected chi connectivity index (χ3v) is 4.13. The standard InChI is InChI=1S/C12H10BrClO2S/c1-16-9-6-7(13)2-3-8(9)12(15)10-4-5-11(14)17-10/h2-6,12,15H,1H3. The number of hydrogen-bond donors (Lipinski definition) is 1. The second-order valence-corrected chi connectivity index (χ2v) is 6.09. The van der Waals surface area contributed by atoms with Crippen molar-refractivity contribution in [3.05, 3.63) is 49.6 Å². The number of ether oxygens (including phenoxy) is 1. The molecule has 0 bridgehead atoms. The van der Waals surface area contributed by atoms with Gasteiger partial charge >= 0.3 is 0 Å². The molecule has 1 aromatic heterocycles. The van der Waals surface area contributed by atoms with Crippen molar-refractivity contribution in [1.82, 2.24) is 0 Å². The normalized spacial score (nSPS) is 12.5. The molecule has 0 radical (unpaired) electrons. The van der Waals surface area contributed by atoms with Crippen LogP contribution in [0, 0.1) is 0 Å². The van der Waals surface area contributed by atoms with Crippen LogP contribution in [-0.4, -0.2) is 12.2 Å². The predicted octanol–water partition coefficient (Wildman–Crippen LogP) is 4.25. The number of halogens is 2. The van der Waals surface area contributed by atoms with E-state index in [2.05, 4.69) is 15.9 Å². The lowest BCUT2D eigenvalue weighted by atomic mass is 10.1. The first kappa shape index (κ1) is 12.9. The van der Waals surface area contributed by atoms with E-state index in [-0.39, 0.29) is 0 Å². The van der Waals surface area contributed by atoms with Crippen LogP contribution >= 0.6 is 38.9 Å². The number of methoxy groups -OCH3 is 1. The summed E-state index contributed by atoms with van der Waals surface area (Å²) >= 11 is 10.6. The van der Waals surface area contributed by atoms with Crippen LogP contribution in [0.2, 0.25) is 4.34 Å².